The molecular formula is C16H25N3O3. The largest absolute Gasteiger partial charge is 0.405 e. The number of carbonyl (C=O) groups excluding carboxylic acids is 1. The van der Waals surface area contributed by atoms with Crippen LogP contribution in [0.3, 0.4) is 0 Å². The molecule has 0 aromatic carbocycles. The molecule has 0 radical (unpaired) electrons. The molecular weight excluding hydrogens is 282 g/mol. The molecule has 1 aliphatic rings. The number of hydrogen-bond acceptors (Lipinski definition) is 4. The summed E-state index contributed by atoms with van der Waals surface area (Å²) in [6.07, 6.45) is 4.33. The molecule has 122 valence electrons. The van der Waals surface area contributed by atoms with Crippen LogP contribution in [0.2, 0.25) is 0 Å². The van der Waals surface area contributed by atoms with Gasteiger partial charge >= 0.3 is 0 Å². The van der Waals surface area contributed by atoms with Crippen molar-refractivity contribution in [2.75, 3.05) is 0 Å². The summed E-state index contributed by atoms with van der Waals surface area (Å²) in [4.78, 5) is 31.4. The third-order valence-electron chi connectivity index (χ3n) is 4.15. The zero-order valence-corrected chi connectivity index (χ0v) is 13.7. The van der Waals surface area contributed by atoms with E-state index in [-0.39, 0.29) is 34.2 Å². The molecule has 0 spiro atoms. The number of amides is 1. The van der Waals surface area contributed by atoms with E-state index >= 15 is 0 Å². The number of rotatable bonds is 3. The van der Waals surface area contributed by atoms with Crippen molar-refractivity contribution >= 4 is 5.91 Å². The molecule has 0 unspecified atom stereocenters. The van der Waals surface area contributed by atoms with E-state index in [2.05, 4.69) is 42.8 Å². The minimum atomic E-state index is -0.421. The summed E-state index contributed by atoms with van der Waals surface area (Å²) in [5, 5.41) is 3.00. The second-order valence-electron chi connectivity index (χ2n) is 7.75. The van der Waals surface area contributed by atoms with Crippen molar-refractivity contribution in [1.82, 2.24) is 10.3 Å². The molecule has 1 amide bonds. The minimum Gasteiger partial charge on any atom is -0.405 e. The molecule has 6 heteroatoms. The standard InChI is InChI=1S/C16H25N3O3/c1-15(2)7-10(8-16(3,4)9-15)19-14(21)12-13(22-17)11(20)5-6-18-12/h5-6,10H,7-9,17H2,1-4H3,(H,18,20)(H,19,21). The van der Waals surface area contributed by atoms with Crippen LogP contribution in [-0.2, 0) is 0 Å². The van der Waals surface area contributed by atoms with Crippen LogP contribution >= 0.6 is 0 Å². The first-order valence-corrected chi connectivity index (χ1v) is 7.53. The number of nitrogens with two attached hydrogens (primary N) is 1. The Morgan fingerprint density at radius 2 is 1.91 bits per heavy atom. The predicted octanol–water partition coefficient (Wildman–Crippen LogP) is 1.96. The van der Waals surface area contributed by atoms with Crippen LogP contribution < -0.4 is 21.5 Å². The molecule has 1 aliphatic carbocycles. The Balaban J connectivity index is 2.19. The van der Waals surface area contributed by atoms with E-state index in [0.717, 1.165) is 19.3 Å². The van der Waals surface area contributed by atoms with Crippen molar-refractivity contribution in [2.45, 2.75) is 53.0 Å². The van der Waals surface area contributed by atoms with Crippen molar-refractivity contribution in [3.8, 4) is 5.75 Å². The van der Waals surface area contributed by atoms with Crippen LogP contribution in [0, 0.1) is 10.8 Å². The normalized spacial score (nSPS) is 20.4. The highest BCUT2D eigenvalue weighted by atomic mass is 16.6. The lowest BCUT2D eigenvalue weighted by Crippen LogP contribution is -2.46. The van der Waals surface area contributed by atoms with Gasteiger partial charge in [0.2, 0.25) is 11.2 Å². The Morgan fingerprint density at radius 3 is 2.45 bits per heavy atom. The van der Waals surface area contributed by atoms with Gasteiger partial charge in [-0.3, -0.25) is 9.59 Å². The van der Waals surface area contributed by atoms with Crippen LogP contribution in [0.25, 0.3) is 0 Å². The Hall–Kier alpha value is -1.82. The molecule has 1 saturated carbocycles. The molecule has 1 aromatic heterocycles. The molecule has 6 nitrogen and oxygen atoms in total. The highest BCUT2D eigenvalue weighted by molar-refractivity contribution is 5.95. The number of H-pyrrole nitrogens is 1. The van der Waals surface area contributed by atoms with Gasteiger partial charge < -0.3 is 15.1 Å². The monoisotopic (exact) mass is 307 g/mol. The summed E-state index contributed by atoms with van der Waals surface area (Å²) in [5.41, 5.74) is -0.0274. The molecule has 0 saturated heterocycles. The third kappa shape index (κ3) is 3.68. The van der Waals surface area contributed by atoms with E-state index in [1.807, 2.05) is 0 Å². The maximum atomic E-state index is 12.5. The highest BCUT2D eigenvalue weighted by Gasteiger charge is 2.39. The molecule has 0 atom stereocenters. The summed E-state index contributed by atoms with van der Waals surface area (Å²) in [7, 11) is 0. The second-order valence-corrected chi connectivity index (χ2v) is 7.75. The molecule has 0 bridgehead atoms. The van der Waals surface area contributed by atoms with Gasteiger partial charge in [0.1, 0.15) is 0 Å². The zero-order chi connectivity index (χ0) is 16.5. The summed E-state index contributed by atoms with van der Waals surface area (Å²) in [6.45, 7) is 8.86. The molecule has 2 rings (SSSR count). The first-order valence-electron chi connectivity index (χ1n) is 7.53. The highest BCUT2D eigenvalue weighted by Crippen LogP contribution is 2.45. The maximum absolute atomic E-state index is 12.5. The quantitative estimate of drug-likeness (QED) is 0.744. The lowest BCUT2D eigenvalue weighted by atomic mass is 9.63. The van der Waals surface area contributed by atoms with Gasteiger partial charge in [0.05, 0.1) is 0 Å². The zero-order valence-electron chi connectivity index (χ0n) is 13.7. The third-order valence-corrected chi connectivity index (χ3v) is 4.15. The molecule has 1 fully saturated rings. The Morgan fingerprint density at radius 1 is 1.32 bits per heavy atom. The van der Waals surface area contributed by atoms with Crippen molar-refractivity contribution in [2.24, 2.45) is 16.7 Å². The van der Waals surface area contributed by atoms with Gasteiger partial charge in [-0.25, -0.2) is 0 Å². The summed E-state index contributed by atoms with van der Waals surface area (Å²) < 4.78 is 0. The summed E-state index contributed by atoms with van der Waals surface area (Å²) in [6, 6.07) is 1.33. The van der Waals surface area contributed by atoms with Gasteiger partial charge in [-0.2, -0.15) is 5.90 Å². The van der Waals surface area contributed by atoms with Gasteiger partial charge in [0.15, 0.2) is 5.69 Å². The summed E-state index contributed by atoms with van der Waals surface area (Å²) >= 11 is 0. The average molecular weight is 307 g/mol. The van der Waals surface area contributed by atoms with Gasteiger partial charge in [-0.05, 0) is 30.1 Å². The van der Waals surface area contributed by atoms with Gasteiger partial charge in [-0.15, -0.1) is 0 Å². The van der Waals surface area contributed by atoms with Gasteiger partial charge in [0.25, 0.3) is 5.91 Å². The number of hydrogen-bond donors (Lipinski definition) is 3. The minimum absolute atomic E-state index is 0.0561. The van der Waals surface area contributed by atoms with Crippen LogP contribution in [0.5, 0.6) is 5.75 Å². The van der Waals surface area contributed by atoms with Gasteiger partial charge in [0, 0.05) is 18.3 Å². The van der Waals surface area contributed by atoms with Gasteiger partial charge in [-0.1, -0.05) is 27.7 Å². The summed E-state index contributed by atoms with van der Waals surface area (Å²) in [5.74, 6) is 4.59. The molecule has 1 aromatic rings. The topological polar surface area (TPSA) is 97.2 Å². The number of aromatic amines is 1. The fraction of sp³-hybridized carbons (Fsp3) is 0.625. The lowest BCUT2D eigenvalue weighted by Gasteiger charge is -2.45. The molecule has 22 heavy (non-hydrogen) atoms. The predicted molar refractivity (Wildman–Crippen MR) is 84.5 cm³/mol. The molecule has 4 N–H and O–H groups in total. The van der Waals surface area contributed by atoms with E-state index < -0.39 is 5.43 Å². The lowest BCUT2D eigenvalue weighted by molar-refractivity contribution is 0.0708. The fourth-order valence-electron chi connectivity index (χ4n) is 3.96. The first-order chi connectivity index (χ1) is 10.1. The number of nitrogens with one attached hydrogen (secondary N) is 2. The molecule has 1 heterocycles. The van der Waals surface area contributed by atoms with E-state index in [1.165, 1.54) is 12.3 Å². The number of carbonyl (C=O) groups is 1. The first kappa shape index (κ1) is 16.5. The Kier molecular flexibility index (Phi) is 4.33. The second kappa shape index (κ2) is 5.76. The van der Waals surface area contributed by atoms with Crippen LogP contribution in [-0.4, -0.2) is 16.9 Å². The van der Waals surface area contributed by atoms with Crippen molar-refractivity contribution in [3.05, 3.63) is 28.2 Å². The Labute approximate surface area is 130 Å². The van der Waals surface area contributed by atoms with Crippen LogP contribution in [0.4, 0.5) is 0 Å². The van der Waals surface area contributed by atoms with E-state index in [9.17, 15) is 9.59 Å². The van der Waals surface area contributed by atoms with Crippen LogP contribution in [0.15, 0.2) is 17.1 Å². The maximum Gasteiger partial charge on any atom is 0.272 e. The number of pyridine rings is 1. The van der Waals surface area contributed by atoms with E-state index in [1.54, 1.807) is 0 Å². The SMILES string of the molecule is CC1(C)CC(NC(=O)c2[nH]ccc(=O)c2ON)CC(C)(C)C1. The average Bonchev–Trinajstić information content (AvgIpc) is 2.34. The van der Waals surface area contributed by atoms with E-state index in [4.69, 9.17) is 5.90 Å². The van der Waals surface area contributed by atoms with Crippen molar-refractivity contribution in [1.29, 1.82) is 0 Å². The smallest absolute Gasteiger partial charge is 0.272 e. The fourth-order valence-corrected chi connectivity index (χ4v) is 3.96. The number of aromatic nitrogens is 1. The van der Waals surface area contributed by atoms with E-state index in [0.29, 0.717) is 0 Å². The van der Waals surface area contributed by atoms with Crippen molar-refractivity contribution in [3.63, 3.8) is 0 Å². The Bertz CT molecular complexity index is 603. The van der Waals surface area contributed by atoms with Crippen molar-refractivity contribution < 1.29 is 9.63 Å². The molecule has 0 aliphatic heterocycles. The van der Waals surface area contributed by atoms with Crippen LogP contribution in [0.1, 0.15) is 57.4 Å².